The second-order valence-corrected chi connectivity index (χ2v) is 13.3. The fraction of sp³-hybridized carbons (Fsp3) is 0. The molecule has 0 N–H and O–H groups in total. The lowest BCUT2D eigenvalue weighted by Gasteiger charge is -2.25. The molecule has 0 amide bonds. The maximum Gasteiger partial charge on any atom is 0.109 e. The largest absolute Gasteiger partial charge is 0.311 e. The molecule has 2 heterocycles. The van der Waals surface area contributed by atoms with Crippen LogP contribution in [-0.2, 0) is 0 Å². The summed E-state index contributed by atoms with van der Waals surface area (Å²) in [5.41, 5.74) is 12.5. The summed E-state index contributed by atoms with van der Waals surface area (Å²) in [6.45, 7) is 0. The first-order valence-corrected chi connectivity index (χ1v) is 17.8. The Hall–Kier alpha value is -6.56. The minimum Gasteiger partial charge on any atom is -0.311 e. The Kier molecular flexibility index (Phi) is 8.01. The third kappa shape index (κ3) is 5.90. The van der Waals surface area contributed by atoms with E-state index in [0.717, 1.165) is 77.1 Å². The molecule has 0 aliphatic heterocycles. The number of thiophene rings is 1. The number of hydrogen-bond acceptors (Lipinski definition) is 5. The van der Waals surface area contributed by atoms with Crippen LogP contribution in [0.5, 0.6) is 0 Å². The van der Waals surface area contributed by atoms with Crippen LogP contribution in [0.4, 0.5) is 34.1 Å². The Morgan fingerprint density at radius 3 is 0.882 bits per heavy atom. The quantitative estimate of drug-likeness (QED) is 0.161. The topological polar surface area (TPSA) is 32.3 Å². The molecule has 9 aromatic rings. The van der Waals surface area contributed by atoms with Crippen LogP contribution in [0.3, 0.4) is 0 Å². The van der Waals surface area contributed by atoms with Crippen LogP contribution >= 0.6 is 11.3 Å². The number of benzene rings is 7. The zero-order chi connectivity index (χ0) is 34.0. The molecule has 2 aromatic heterocycles. The van der Waals surface area contributed by atoms with Crippen molar-refractivity contribution in [2.45, 2.75) is 0 Å². The van der Waals surface area contributed by atoms with Crippen LogP contribution in [0, 0.1) is 0 Å². The SMILES string of the molecule is c1ccc(N(c2ccccc2)c2ccc(-c3sc(-c4ccc(N(c5ccccc5)c5ccccc5)cc4)c4nc5ccccc5nc34)cc2)cc1. The molecule has 0 spiro atoms. The van der Waals surface area contributed by atoms with E-state index in [-0.39, 0.29) is 0 Å². The summed E-state index contributed by atoms with van der Waals surface area (Å²) >= 11 is 1.75. The average molecular weight is 673 g/mol. The van der Waals surface area contributed by atoms with Gasteiger partial charge < -0.3 is 9.80 Å². The maximum absolute atomic E-state index is 5.21. The first kappa shape index (κ1) is 30.5. The van der Waals surface area contributed by atoms with Crippen molar-refractivity contribution in [3.05, 3.63) is 194 Å². The summed E-state index contributed by atoms with van der Waals surface area (Å²) in [5.74, 6) is 0. The first-order valence-electron chi connectivity index (χ1n) is 17.0. The predicted molar refractivity (Wildman–Crippen MR) is 215 cm³/mol. The van der Waals surface area contributed by atoms with Crippen molar-refractivity contribution in [3.63, 3.8) is 0 Å². The van der Waals surface area contributed by atoms with Crippen LogP contribution in [0.25, 0.3) is 42.9 Å². The van der Waals surface area contributed by atoms with E-state index < -0.39 is 0 Å². The fourth-order valence-corrected chi connectivity index (χ4v) is 7.82. The smallest absolute Gasteiger partial charge is 0.109 e. The van der Waals surface area contributed by atoms with Crippen molar-refractivity contribution in [1.29, 1.82) is 0 Å². The minimum absolute atomic E-state index is 0.892. The average Bonchev–Trinajstić information content (AvgIpc) is 3.57. The van der Waals surface area contributed by atoms with Gasteiger partial charge in [-0.05, 0) is 96.1 Å². The Labute approximate surface area is 301 Å². The van der Waals surface area contributed by atoms with E-state index in [2.05, 4.69) is 180 Å². The highest BCUT2D eigenvalue weighted by Gasteiger charge is 2.20. The van der Waals surface area contributed by atoms with E-state index in [0.29, 0.717) is 0 Å². The monoisotopic (exact) mass is 672 g/mol. The summed E-state index contributed by atoms with van der Waals surface area (Å²) in [7, 11) is 0. The molecule has 0 radical (unpaired) electrons. The van der Waals surface area contributed by atoms with E-state index >= 15 is 0 Å². The molecule has 51 heavy (non-hydrogen) atoms. The van der Waals surface area contributed by atoms with Crippen LogP contribution in [0.15, 0.2) is 194 Å². The predicted octanol–water partition coefficient (Wildman–Crippen LogP) is 13.1. The third-order valence-electron chi connectivity index (χ3n) is 9.04. The van der Waals surface area contributed by atoms with E-state index in [9.17, 15) is 0 Å². The molecule has 0 unspecified atom stereocenters. The van der Waals surface area contributed by atoms with Crippen molar-refractivity contribution in [3.8, 4) is 20.9 Å². The molecule has 0 fully saturated rings. The maximum atomic E-state index is 5.21. The number of para-hydroxylation sites is 6. The molecule has 4 nitrogen and oxygen atoms in total. The zero-order valence-corrected chi connectivity index (χ0v) is 28.5. The van der Waals surface area contributed by atoms with Crippen LogP contribution in [0.2, 0.25) is 0 Å². The fourth-order valence-electron chi connectivity index (χ4n) is 6.63. The lowest BCUT2D eigenvalue weighted by atomic mass is 10.1. The van der Waals surface area contributed by atoms with E-state index in [1.807, 2.05) is 24.3 Å². The van der Waals surface area contributed by atoms with Gasteiger partial charge in [0.05, 0.1) is 20.8 Å². The lowest BCUT2D eigenvalue weighted by Crippen LogP contribution is -2.09. The summed E-state index contributed by atoms with van der Waals surface area (Å²) in [4.78, 5) is 17.2. The minimum atomic E-state index is 0.892. The van der Waals surface area contributed by atoms with Gasteiger partial charge in [0, 0.05) is 34.1 Å². The molecule has 0 saturated carbocycles. The number of aromatic nitrogens is 2. The van der Waals surface area contributed by atoms with Crippen molar-refractivity contribution >= 4 is 67.5 Å². The van der Waals surface area contributed by atoms with Crippen molar-refractivity contribution in [1.82, 2.24) is 9.97 Å². The third-order valence-corrected chi connectivity index (χ3v) is 10.3. The number of hydrogen-bond donors (Lipinski definition) is 0. The van der Waals surface area contributed by atoms with Gasteiger partial charge in [-0.3, -0.25) is 0 Å². The Morgan fingerprint density at radius 2 is 0.569 bits per heavy atom. The molecule has 5 heteroatoms. The van der Waals surface area contributed by atoms with Crippen LogP contribution in [0.1, 0.15) is 0 Å². The summed E-state index contributed by atoms with van der Waals surface area (Å²) in [5, 5.41) is 0. The van der Waals surface area contributed by atoms with Crippen molar-refractivity contribution in [2.75, 3.05) is 9.80 Å². The molecule has 9 rings (SSSR count). The normalized spacial score (nSPS) is 11.1. The van der Waals surface area contributed by atoms with Gasteiger partial charge >= 0.3 is 0 Å². The number of anilines is 6. The van der Waals surface area contributed by atoms with Crippen molar-refractivity contribution < 1.29 is 0 Å². The van der Waals surface area contributed by atoms with Crippen LogP contribution in [-0.4, -0.2) is 9.97 Å². The van der Waals surface area contributed by atoms with Gasteiger partial charge in [0.1, 0.15) is 11.0 Å². The second kappa shape index (κ2) is 13.4. The van der Waals surface area contributed by atoms with Gasteiger partial charge in [0.25, 0.3) is 0 Å². The summed E-state index contributed by atoms with van der Waals surface area (Å²) in [6, 6.07) is 67.8. The van der Waals surface area contributed by atoms with E-state index in [1.54, 1.807) is 11.3 Å². The van der Waals surface area contributed by atoms with E-state index in [1.165, 1.54) is 0 Å². The zero-order valence-electron chi connectivity index (χ0n) is 27.7. The molecule has 0 atom stereocenters. The van der Waals surface area contributed by atoms with Gasteiger partial charge in [0.2, 0.25) is 0 Å². The lowest BCUT2D eigenvalue weighted by molar-refractivity contribution is 1.28. The van der Waals surface area contributed by atoms with Crippen LogP contribution < -0.4 is 9.80 Å². The highest BCUT2D eigenvalue weighted by molar-refractivity contribution is 7.20. The van der Waals surface area contributed by atoms with Crippen molar-refractivity contribution in [2.24, 2.45) is 0 Å². The van der Waals surface area contributed by atoms with Gasteiger partial charge in [0.15, 0.2) is 0 Å². The second-order valence-electron chi connectivity index (χ2n) is 12.3. The number of nitrogens with zero attached hydrogens (tertiary/aromatic N) is 4. The summed E-state index contributed by atoms with van der Waals surface area (Å²) < 4.78 is 0. The molecule has 0 bridgehead atoms. The first-order chi connectivity index (χ1) is 25.3. The highest BCUT2D eigenvalue weighted by atomic mass is 32.1. The molecular formula is C46H32N4S. The molecule has 242 valence electrons. The Balaban J connectivity index is 1.14. The molecule has 0 aliphatic carbocycles. The van der Waals surface area contributed by atoms with Gasteiger partial charge in [-0.2, -0.15) is 0 Å². The Morgan fingerprint density at radius 1 is 0.294 bits per heavy atom. The van der Waals surface area contributed by atoms with E-state index in [4.69, 9.17) is 9.97 Å². The standard InChI is InChI=1S/C46H32N4S/c1-5-15-35(16-6-1)49(36-17-7-2-8-18-36)39-29-25-33(26-30-39)45-43-44(48-42-24-14-13-23-41(42)47-43)46(51-45)34-27-31-40(32-28-34)50(37-19-9-3-10-20-37)38-21-11-4-12-22-38/h1-32H. The van der Waals surface area contributed by atoms with Gasteiger partial charge in [-0.25, -0.2) is 9.97 Å². The van der Waals surface area contributed by atoms with Gasteiger partial charge in [-0.15, -0.1) is 11.3 Å². The molecule has 7 aromatic carbocycles. The molecular weight excluding hydrogens is 641 g/mol. The number of rotatable bonds is 8. The Bertz CT molecular complexity index is 2290. The summed E-state index contributed by atoms with van der Waals surface area (Å²) in [6.07, 6.45) is 0. The molecule has 0 saturated heterocycles. The number of fused-ring (bicyclic) bond motifs is 2. The highest BCUT2D eigenvalue weighted by Crippen LogP contribution is 2.45. The van der Waals surface area contributed by atoms with Gasteiger partial charge in [-0.1, -0.05) is 109 Å². The molecule has 0 aliphatic rings.